The smallest absolute Gasteiger partial charge is 0.276 e. The van der Waals surface area contributed by atoms with E-state index in [2.05, 4.69) is 10.0 Å². The lowest BCUT2D eigenvalue weighted by Gasteiger charge is -2.20. The molecule has 0 saturated carbocycles. The number of nitrogens with one attached hydrogen (secondary N) is 2. The number of anilines is 1. The molecule has 1 aliphatic heterocycles. The molecule has 0 fully saturated rings. The number of benzene rings is 1. The molecule has 2 aromatic rings. The Kier molecular flexibility index (Phi) is 5.41. The van der Waals surface area contributed by atoms with Crippen molar-refractivity contribution in [2.45, 2.75) is 30.4 Å². The second-order valence-corrected chi connectivity index (χ2v) is 8.06. The predicted octanol–water partition coefficient (Wildman–Crippen LogP) is 1.37. The number of carbonyl (C=O) groups excluding carboxylic acids is 1. The lowest BCUT2D eigenvalue weighted by Crippen LogP contribution is -2.45. The third kappa shape index (κ3) is 3.73. The molecule has 2 heterocycles. The van der Waals surface area contributed by atoms with Gasteiger partial charge < -0.3 is 19.7 Å². The molecule has 1 aliphatic rings. The number of hydrogen-bond acceptors (Lipinski definition) is 5. The standard InChI is InChI=1S/C17H19F2N3O5S/c1-3-13(23)12-8-27-16-14(28(25,26)21-12)7-22(2)15(16)17(24)20-9-4-5-10(18)11(19)6-9/h4-7,12-13,21,23H,3,8H2,1-2H3,(H,20,24)/t12-,13?/m1/s1. The highest BCUT2D eigenvalue weighted by atomic mass is 32.2. The summed E-state index contributed by atoms with van der Waals surface area (Å²) in [7, 11) is -2.60. The van der Waals surface area contributed by atoms with Crippen molar-refractivity contribution in [3.05, 3.63) is 41.7 Å². The fourth-order valence-corrected chi connectivity index (χ4v) is 4.33. The van der Waals surface area contributed by atoms with Crippen molar-refractivity contribution in [3.63, 3.8) is 0 Å². The first-order chi connectivity index (χ1) is 13.1. The summed E-state index contributed by atoms with van der Waals surface area (Å²) in [6.07, 6.45) is 0.545. The average Bonchev–Trinajstić information content (AvgIpc) is 2.92. The third-order valence-electron chi connectivity index (χ3n) is 4.38. The zero-order valence-electron chi connectivity index (χ0n) is 15.1. The van der Waals surface area contributed by atoms with E-state index in [1.807, 2.05) is 0 Å². The Balaban J connectivity index is 1.96. The quantitative estimate of drug-likeness (QED) is 0.699. The number of ether oxygens (including phenoxy) is 1. The van der Waals surface area contributed by atoms with Crippen LogP contribution in [0.25, 0.3) is 0 Å². The molecule has 28 heavy (non-hydrogen) atoms. The Labute approximate surface area is 160 Å². The largest absolute Gasteiger partial charge is 0.488 e. The number of aliphatic hydroxyl groups excluding tert-OH is 1. The molecule has 0 radical (unpaired) electrons. The number of amides is 1. The molecule has 0 aliphatic carbocycles. The highest BCUT2D eigenvalue weighted by molar-refractivity contribution is 7.89. The van der Waals surface area contributed by atoms with Crippen LogP contribution in [0.2, 0.25) is 0 Å². The lowest BCUT2D eigenvalue weighted by molar-refractivity contribution is 0.0991. The molecule has 1 unspecified atom stereocenters. The predicted molar refractivity (Wildman–Crippen MR) is 95.6 cm³/mol. The molecule has 1 aromatic heterocycles. The molecule has 0 bridgehead atoms. The van der Waals surface area contributed by atoms with Crippen LogP contribution in [0, 0.1) is 11.6 Å². The average molecular weight is 415 g/mol. The molecule has 2 atom stereocenters. The van der Waals surface area contributed by atoms with Crippen molar-refractivity contribution in [2.75, 3.05) is 11.9 Å². The summed E-state index contributed by atoms with van der Waals surface area (Å²) in [5, 5.41) is 12.4. The highest BCUT2D eigenvalue weighted by Gasteiger charge is 2.36. The molecule has 1 aromatic carbocycles. The van der Waals surface area contributed by atoms with Gasteiger partial charge in [0.15, 0.2) is 23.1 Å². The molecular weight excluding hydrogens is 396 g/mol. The molecule has 11 heteroatoms. The summed E-state index contributed by atoms with van der Waals surface area (Å²) in [5.41, 5.74) is -0.121. The zero-order valence-corrected chi connectivity index (χ0v) is 15.9. The van der Waals surface area contributed by atoms with Crippen molar-refractivity contribution < 1.29 is 31.8 Å². The normalized spacial score (nSPS) is 19.2. The van der Waals surface area contributed by atoms with Crippen LogP contribution < -0.4 is 14.8 Å². The molecule has 152 valence electrons. The molecule has 0 spiro atoms. The monoisotopic (exact) mass is 415 g/mol. The van der Waals surface area contributed by atoms with E-state index >= 15 is 0 Å². The number of aliphatic hydroxyl groups is 1. The maximum atomic E-state index is 13.4. The van der Waals surface area contributed by atoms with Gasteiger partial charge in [-0.05, 0) is 18.6 Å². The van der Waals surface area contributed by atoms with Crippen LogP contribution in [0.4, 0.5) is 14.5 Å². The number of hydrogen-bond donors (Lipinski definition) is 3. The molecule has 3 N–H and O–H groups in total. The van der Waals surface area contributed by atoms with E-state index in [4.69, 9.17) is 4.74 Å². The summed E-state index contributed by atoms with van der Waals surface area (Å²) < 4.78 is 60.8. The van der Waals surface area contributed by atoms with E-state index < -0.39 is 39.7 Å². The molecule has 0 saturated heterocycles. The number of fused-ring (bicyclic) bond motifs is 1. The molecule has 8 nitrogen and oxygen atoms in total. The Morgan fingerprint density at radius 3 is 2.79 bits per heavy atom. The van der Waals surface area contributed by atoms with E-state index in [-0.39, 0.29) is 28.6 Å². The maximum Gasteiger partial charge on any atom is 0.276 e. The first kappa shape index (κ1) is 20.2. The van der Waals surface area contributed by atoms with Gasteiger partial charge in [0.1, 0.15) is 11.5 Å². The van der Waals surface area contributed by atoms with Crippen molar-refractivity contribution in [3.8, 4) is 5.75 Å². The second kappa shape index (κ2) is 7.49. The number of rotatable bonds is 4. The Hall–Kier alpha value is -2.50. The third-order valence-corrected chi connectivity index (χ3v) is 5.86. The van der Waals surface area contributed by atoms with Gasteiger partial charge in [-0.15, -0.1) is 0 Å². The minimum absolute atomic E-state index is 0.00673. The fraction of sp³-hybridized carbons (Fsp3) is 0.353. The van der Waals surface area contributed by atoms with Gasteiger partial charge >= 0.3 is 0 Å². The second-order valence-electron chi connectivity index (χ2n) is 6.38. The van der Waals surface area contributed by atoms with E-state index in [9.17, 15) is 27.1 Å². The van der Waals surface area contributed by atoms with Crippen molar-refractivity contribution >= 4 is 21.6 Å². The van der Waals surface area contributed by atoms with E-state index in [0.717, 1.165) is 12.1 Å². The SMILES string of the molecule is CCC(O)[C@H]1COc2c(cn(C)c2C(=O)Nc2ccc(F)c(F)c2)S(=O)(=O)N1. The summed E-state index contributed by atoms with van der Waals surface area (Å²) in [6.45, 7) is 1.51. The minimum Gasteiger partial charge on any atom is -0.488 e. The summed E-state index contributed by atoms with van der Waals surface area (Å²) >= 11 is 0. The van der Waals surface area contributed by atoms with Crippen LogP contribution in [0.15, 0.2) is 29.3 Å². The lowest BCUT2D eigenvalue weighted by atomic mass is 10.1. The Morgan fingerprint density at radius 2 is 2.14 bits per heavy atom. The van der Waals surface area contributed by atoms with Gasteiger partial charge in [0.25, 0.3) is 5.91 Å². The van der Waals surface area contributed by atoms with Gasteiger partial charge in [0.2, 0.25) is 10.0 Å². The van der Waals surface area contributed by atoms with Gasteiger partial charge in [0.05, 0.1) is 12.1 Å². The van der Waals surface area contributed by atoms with Gasteiger partial charge in [-0.2, -0.15) is 0 Å². The molecule has 1 amide bonds. The number of carbonyl (C=O) groups is 1. The van der Waals surface area contributed by atoms with Gasteiger partial charge in [-0.25, -0.2) is 21.9 Å². The maximum absolute atomic E-state index is 13.4. The van der Waals surface area contributed by atoms with Crippen molar-refractivity contribution in [1.29, 1.82) is 0 Å². The first-order valence-corrected chi connectivity index (χ1v) is 9.91. The Bertz CT molecular complexity index is 1020. The number of aryl methyl sites for hydroxylation is 1. The summed E-state index contributed by atoms with van der Waals surface area (Å²) in [4.78, 5) is 12.4. The van der Waals surface area contributed by atoms with Crippen molar-refractivity contribution in [1.82, 2.24) is 9.29 Å². The van der Waals surface area contributed by atoms with Crippen LogP contribution in [-0.2, 0) is 17.1 Å². The van der Waals surface area contributed by atoms with Crippen molar-refractivity contribution in [2.24, 2.45) is 7.05 Å². The van der Waals surface area contributed by atoms with E-state index in [0.29, 0.717) is 6.42 Å². The van der Waals surface area contributed by atoms with Crippen LogP contribution in [0.3, 0.4) is 0 Å². The Morgan fingerprint density at radius 1 is 1.43 bits per heavy atom. The number of sulfonamides is 1. The molecular formula is C17H19F2N3O5S. The van der Waals surface area contributed by atoms with Crippen LogP contribution in [0.5, 0.6) is 5.75 Å². The zero-order chi connectivity index (χ0) is 20.6. The highest BCUT2D eigenvalue weighted by Crippen LogP contribution is 2.33. The minimum atomic E-state index is -4.05. The van der Waals surface area contributed by atoms with Crippen LogP contribution >= 0.6 is 0 Å². The topological polar surface area (TPSA) is 110 Å². The molecule has 3 rings (SSSR count). The van der Waals surface area contributed by atoms with E-state index in [1.165, 1.54) is 23.9 Å². The van der Waals surface area contributed by atoms with E-state index in [1.54, 1.807) is 6.92 Å². The number of nitrogens with zero attached hydrogens (tertiary/aromatic N) is 1. The van der Waals surface area contributed by atoms with Gasteiger partial charge in [-0.1, -0.05) is 6.92 Å². The number of aromatic nitrogens is 1. The van der Waals surface area contributed by atoms with Crippen LogP contribution in [-0.4, -0.2) is 42.8 Å². The van der Waals surface area contributed by atoms with Gasteiger partial charge in [-0.3, -0.25) is 4.79 Å². The first-order valence-electron chi connectivity index (χ1n) is 8.43. The summed E-state index contributed by atoms with van der Waals surface area (Å²) in [5.74, 6) is -3.14. The van der Waals surface area contributed by atoms with Crippen LogP contribution in [0.1, 0.15) is 23.8 Å². The van der Waals surface area contributed by atoms with Gasteiger partial charge in [0, 0.05) is 25.0 Å². The summed E-state index contributed by atoms with van der Waals surface area (Å²) in [6, 6.07) is 1.96. The number of halogens is 2. The fourth-order valence-electron chi connectivity index (χ4n) is 2.88.